The Bertz CT molecular complexity index is 229. The van der Waals surface area contributed by atoms with E-state index in [0.29, 0.717) is 4.79 Å². The molecule has 1 aromatic rings. The van der Waals surface area contributed by atoms with E-state index in [-0.39, 0.29) is 5.69 Å². The molecule has 0 aliphatic carbocycles. The molecule has 9 heavy (non-hydrogen) atoms. The second kappa shape index (κ2) is 1.73. The molecule has 48 valence electrons. The van der Waals surface area contributed by atoms with E-state index >= 15 is 0 Å². The fourth-order valence-electron chi connectivity index (χ4n) is 0.415. The van der Waals surface area contributed by atoms with Crippen LogP contribution in [0.2, 0.25) is 0 Å². The lowest BCUT2D eigenvalue weighted by atomic mass is 10.6. The van der Waals surface area contributed by atoms with Crippen LogP contribution in [0.15, 0.2) is 12.4 Å². The number of aromatic nitrogens is 2. The van der Waals surface area contributed by atoms with Crippen LogP contribution in [0.4, 0.5) is 5.69 Å². The average Bonchev–Trinajstić information content (AvgIpc) is 2.14. The molecule has 0 aliphatic heterocycles. The minimum absolute atomic E-state index is 0.284. The first-order chi connectivity index (χ1) is 4.20. The van der Waals surface area contributed by atoms with Crippen LogP contribution < -0.4 is 5.73 Å². The Morgan fingerprint density at radius 2 is 2.56 bits per heavy atom. The van der Waals surface area contributed by atoms with Gasteiger partial charge in [-0.15, -0.1) is 0 Å². The summed E-state index contributed by atoms with van der Waals surface area (Å²) in [6.45, 7) is 0. The second-order valence-corrected chi connectivity index (χ2v) is 1.43. The van der Waals surface area contributed by atoms with Gasteiger partial charge in [-0.1, -0.05) is 0 Å². The van der Waals surface area contributed by atoms with Crippen LogP contribution in [0.25, 0.3) is 0 Å². The summed E-state index contributed by atoms with van der Waals surface area (Å²) in [4.78, 5) is 10.4. The molecule has 0 radical (unpaired) electrons. The molecule has 1 rings (SSSR count). The predicted octanol–water partition coefficient (Wildman–Crippen LogP) is -0.495. The molecule has 1 heterocycles. The molecule has 0 amide bonds. The number of anilines is 1. The van der Waals surface area contributed by atoms with Crippen molar-refractivity contribution in [1.29, 1.82) is 0 Å². The van der Waals surface area contributed by atoms with Crippen molar-refractivity contribution in [3.8, 4) is 0 Å². The highest BCUT2D eigenvalue weighted by Crippen LogP contribution is 1.95. The Labute approximate surface area is 50.0 Å². The number of nitrogens with two attached hydrogens (primary N) is 1. The first kappa shape index (κ1) is 5.54. The number of nitrogen functional groups attached to an aromatic ring is 1. The van der Waals surface area contributed by atoms with E-state index in [1.807, 2.05) is 0 Å². The third-order valence-electron chi connectivity index (χ3n) is 0.757. The maximum absolute atomic E-state index is 9.86. The smallest absolute Gasteiger partial charge is 0.190 e. The van der Waals surface area contributed by atoms with E-state index in [0.717, 1.165) is 6.20 Å². The summed E-state index contributed by atoms with van der Waals surface area (Å²) in [5.74, 6) is 0. The maximum atomic E-state index is 9.86. The highest BCUT2D eigenvalue weighted by molar-refractivity contribution is 5.29. The molecule has 0 atom stereocenters. The normalized spacial score (nSPS) is 9.33. The molecule has 0 bridgehead atoms. The lowest BCUT2D eigenvalue weighted by Crippen LogP contribution is -2.07. The van der Waals surface area contributed by atoms with Crippen molar-refractivity contribution < 1.29 is 5.03 Å². The van der Waals surface area contributed by atoms with Crippen LogP contribution in [-0.4, -0.2) is 14.9 Å². The number of hydrogen-bond acceptors (Lipinski definition) is 4. The Hall–Kier alpha value is -1.59. The highest BCUT2D eigenvalue weighted by atomic mass is 16.7. The van der Waals surface area contributed by atoms with Crippen LogP contribution in [0.5, 0.6) is 0 Å². The zero-order chi connectivity index (χ0) is 6.85. The van der Waals surface area contributed by atoms with Gasteiger partial charge in [-0.05, 0) is 0 Å². The summed E-state index contributed by atoms with van der Waals surface area (Å²) in [6.07, 6.45) is 2.34. The van der Waals surface area contributed by atoms with E-state index in [2.05, 4.69) is 5.10 Å². The quantitative estimate of drug-likeness (QED) is 0.408. The fraction of sp³-hybridized carbons (Fsp3) is 0. The van der Waals surface area contributed by atoms with Crippen molar-refractivity contribution in [2.75, 3.05) is 5.73 Å². The second-order valence-electron chi connectivity index (χ2n) is 1.43. The Morgan fingerprint density at radius 3 is 2.78 bits per heavy atom. The Kier molecular flexibility index (Phi) is 1.07. The van der Waals surface area contributed by atoms with Crippen molar-refractivity contribution >= 4 is 5.69 Å². The number of nitrogens with zero attached hydrogens (tertiary/aromatic N) is 3. The third-order valence-corrected chi connectivity index (χ3v) is 0.757. The molecule has 6 heteroatoms. The van der Waals surface area contributed by atoms with Crippen LogP contribution in [0.1, 0.15) is 0 Å². The number of nitro groups is 1. The van der Waals surface area contributed by atoms with Crippen LogP contribution in [0.3, 0.4) is 0 Å². The molecular formula is C3H4N4O2. The van der Waals surface area contributed by atoms with Gasteiger partial charge < -0.3 is 15.8 Å². The predicted molar refractivity (Wildman–Crippen MR) is 29.0 cm³/mol. The fourth-order valence-corrected chi connectivity index (χ4v) is 0.415. The molecule has 0 saturated heterocycles. The average molecular weight is 128 g/mol. The van der Waals surface area contributed by atoms with Gasteiger partial charge in [0.2, 0.25) is 0 Å². The Morgan fingerprint density at radius 1 is 1.89 bits per heavy atom. The minimum atomic E-state index is -0.670. The largest absolute Gasteiger partial charge is 0.394 e. The van der Waals surface area contributed by atoms with E-state index in [4.69, 9.17) is 5.73 Å². The molecule has 0 saturated carbocycles. The summed E-state index contributed by atoms with van der Waals surface area (Å²) >= 11 is 0. The van der Waals surface area contributed by atoms with Gasteiger partial charge in [-0.25, -0.2) is 0 Å². The van der Waals surface area contributed by atoms with Gasteiger partial charge in [-0.2, -0.15) is 0 Å². The lowest BCUT2D eigenvalue weighted by molar-refractivity contribution is -0.552. The van der Waals surface area contributed by atoms with E-state index < -0.39 is 5.03 Å². The maximum Gasteiger partial charge on any atom is 0.190 e. The molecular weight excluding hydrogens is 124 g/mol. The van der Waals surface area contributed by atoms with E-state index in [1.54, 1.807) is 0 Å². The summed E-state index contributed by atoms with van der Waals surface area (Å²) in [7, 11) is 0. The first-order valence-corrected chi connectivity index (χ1v) is 2.15. The van der Waals surface area contributed by atoms with E-state index in [1.165, 1.54) is 6.20 Å². The first-order valence-electron chi connectivity index (χ1n) is 2.15. The zero-order valence-electron chi connectivity index (χ0n) is 4.39. The van der Waals surface area contributed by atoms with Gasteiger partial charge in [0.1, 0.15) is 11.9 Å². The molecule has 0 aromatic carbocycles. The molecule has 0 unspecified atom stereocenters. The number of rotatable bonds is 1. The van der Waals surface area contributed by atoms with Gasteiger partial charge in [0, 0.05) is 9.89 Å². The van der Waals surface area contributed by atoms with Crippen LogP contribution >= 0.6 is 0 Å². The number of hydrogen-bond donors (Lipinski definition) is 1. The standard InChI is InChI=1S/C3H4N4O2/c4-3-1-5-6(2-3)7(8)9/h1-2H,4H2. The van der Waals surface area contributed by atoms with Crippen LogP contribution in [0, 0.1) is 10.1 Å². The topological polar surface area (TPSA) is 87.0 Å². The Balaban J connectivity index is 2.98. The van der Waals surface area contributed by atoms with Gasteiger partial charge in [0.15, 0.2) is 6.20 Å². The van der Waals surface area contributed by atoms with Crippen molar-refractivity contribution in [2.24, 2.45) is 0 Å². The lowest BCUT2D eigenvalue weighted by Gasteiger charge is -1.86. The van der Waals surface area contributed by atoms with Gasteiger partial charge in [0.25, 0.3) is 0 Å². The van der Waals surface area contributed by atoms with Gasteiger partial charge in [0.05, 0.1) is 5.03 Å². The summed E-state index contributed by atoms with van der Waals surface area (Å²) in [5, 5.41) is 12.5. The molecule has 2 N–H and O–H groups in total. The summed E-state index contributed by atoms with van der Waals surface area (Å²) < 4.78 is 0. The highest BCUT2D eigenvalue weighted by Gasteiger charge is 2.01. The van der Waals surface area contributed by atoms with E-state index in [9.17, 15) is 10.1 Å². The minimum Gasteiger partial charge on any atom is -0.394 e. The molecule has 1 aromatic heterocycles. The third kappa shape index (κ3) is 0.958. The molecule has 0 fully saturated rings. The van der Waals surface area contributed by atoms with Crippen molar-refractivity contribution in [3.05, 3.63) is 22.5 Å². The molecule has 0 aliphatic rings. The molecule has 6 nitrogen and oxygen atoms in total. The van der Waals surface area contributed by atoms with Gasteiger partial charge >= 0.3 is 0 Å². The zero-order valence-corrected chi connectivity index (χ0v) is 4.39. The summed E-state index contributed by atoms with van der Waals surface area (Å²) in [6, 6.07) is 0. The van der Waals surface area contributed by atoms with Crippen LogP contribution in [-0.2, 0) is 0 Å². The molecule has 0 spiro atoms. The SMILES string of the molecule is Nc1cnn([N+](=O)[O-])c1. The van der Waals surface area contributed by atoms with Gasteiger partial charge in [-0.3, -0.25) is 0 Å². The van der Waals surface area contributed by atoms with Crippen molar-refractivity contribution in [2.45, 2.75) is 0 Å². The van der Waals surface area contributed by atoms with Crippen molar-refractivity contribution in [1.82, 2.24) is 9.89 Å². The monoisotopic (exact) mass is 128 g/mol. The summed E-state index contributed by atoms with van der Waals surface area (Å²) in [5.41, 5.74) is 5.41. The van der Waals surface area contributed by atoms with Crippen molar-refractivity contribution in [3.63, 3.8) is 0 Å².